The van der Waals surface area contributed by atoms with E-state index in [2.05, 4.69) is 27.4 Å². The second-order valence-electron chi connectivity index (χ2n) is 4.73. The molecule has 1 rings (SSSR count). The van der Waals surface area contributed by atoms with Crippen LogP contribution in [0.2, 0.25) is 0 Å². The monoisotopic (exact) mass is 394 g/mol. The molecule has 1 aromatic heterocycles. The van der Waals surface area contributed by atoms with E-state index in [9.17, 15) is 0 Å². The average Bonchev–Trinajstić information content (AvgIpc) is 2.90. The lowest BCUT2D eigenvalue weighted by molar-refractivity contribution is 0.258. The molecule has 0 radical (unpaired) electrons. The van der Waals surface area contributed by atoms with Crippen molar-refractivity contribution in [2.75, 3.05) is 34.2 Å². The molecule has 0 fully saturated rings. The molecule has 0 aromatic carbocycles. The Kier molecular flexibility index (Phi) is 10.5. The van der Waals surface area contributed by atoms with Crippen LogP contribution in [-0.2, 0) is 0 Å². The molecule has 0 saturated carbocycles. The summed E-state index contributed by atoms with van der Waals surface area (Å²) in [6.07, 6.45) is 4.03. The van der Waals surface area contributed by atoms with Crippen LogP contribution in [0.5, 0.6) is 0 Å². The summed E-state index contributed by atoms with van der Waals surface area (Å²) < 4.78 is 5.48. The number of rotatable bonds is 7. The number of aliphatic imine (C=N–C) groups is 1. The third kappa shape index (κ3) is 6.60. The Morgan fingerprint density at radius 2 is 2.15 bits per heavy atom. The third-order valence-electron chi connectivity index (χ3n) is 3.00. The predicted octanol–water partition coefficient (Wildman–Crippen LogP) is 2.47. The number of nitrogens with zero attached hydrogens (tertiary/aromatic N) is 2. The van der Waals surface area contributed by atoms with Crippen molar-refractivity contribution in [3.05, 3.63) is 24.2 Å². The lowest BCUT2D eigenvalue weighted by atomic mass is 10.2. The largest absolute Gasteiger partial charge is 0.468 e. The van der Waals surface area contributed by atoms with Crippen LogP contribution in [0.15, 0.2) is 27.8 Å². The van der Waals surface area contributed by atoms with E-state index in [0.717, 1.165) is 31.2 Å². The van der Waals surface area contributed by atoms with E-state index < -0.39 is 0 Å². The summed E-state index contributed by atoms with van der Waals surface area (Å²) in [6, 6.07) is 4.11. The maximum atomic E-state index is 5.48. The van der Waals surface area contributed by atoms with Crippen molar-refractivity contribution in [3.8, 4) is 0 Å². The number of halogens is 1. The van der Waals surface area contributed by atoms with Crippen LogP contribution in [0.4, 0.5) is 0 Å². The minimum absolute atomic E-state index is 0. The Hall–Kier alpha value is -0.760. The molecule has 0 bridgehead atoms. The van der Waals surface area contributed by atoms with E-state index in [-0.39, 0.29) is 30.0 Å². The van der Waals surface area contributed by atoms with Crippen LogP contribution < -0.4 is 10.6 Å². The zero-order valence-corrected chi connectivity index (χ0v) is 15.2. The molecule has 0 aliphatic heterocycles. The van der Waals surface area contributed by atoms with Crippen molar-refractivity contribution in [1.29, 1.82) is 0 Å². The first-order valence-electron chi connectivity index (χ1n) is 6.83. The molecule has 116 valence electrons. The second kappa shape index (κ2) is 11.0. The van der Waals surface area contributed by atoms with E-state index in [1.807, 2.05) is 26.2 Å². The summed E-state index contributed by atoms with van der Waals surface area (Å²) in [7, 11) is 5.88. The highest BCUT2D eigenvalue weighted by Crippen LogP contribution is 2.17. The van der Waals surface area contributed by atoms with Gasteiger partial charge in [-0.2, -0.15) is 0 Å². The fraction of sp³-hybridized carbons (Fsp3) is 0.643. The van der Waals surface area contributed by atoms with Gasteiger partial charge in [-0.1, -0.05) is 13.3 Å². The minimum atomic E-state index is 0. The second-order valence-corrected chi connectivity index (χ2v) is 4.73. The molecule has 0 saturated heterocycles. The van der Waals surface area contributed by atoms with Gasteiger partial charge in [0.05, 0.1) is 12.3 Å². The van der Waals surface area contributed by atoms with Crippen molar-refractivity contribution < 1.29 is 4.42 Å². The SMILES string of the molecule is CCCCNC(=NC)NCC(c1ccco1)N(C)C.I. The molecule has 6 heteroatoms. The Morgan fingerprint density at radius 1 is 1.40 bits per heavy atom. The van der Waals surface area contributed by atoms with Crippen LogP contribution in [0.25, 0.3) is 0 Å². The van der Waals surface area contributed by atoms with Gasteiger partial charge in [0.25, 0.3) is 0 Å². The summed E-state index contributed by atoms with van der Waals surface area (Å²) in [5.41, 5.74) is 0. The number of furan rings is 1. The van der Waals surface area contributed by atoms with Crippen LogP contribution in [0.3, 0.4) is 0 Å². The molecule has 0 aliphatic carbocycles. The molecular formula is C14H27IN4O. The minimum Gasteiger partial charge on any atom is -0.468 e. The van der Waals surface area contributed by atoms with Crippen LogP contribution in [0, 0.1) is 0 Å². The fourth-order valence-electron chi connectivity index (χ4n) is 1.82. The highest BCUT2D eigenvalue weighted by atomic mass is 127. The Labute approximate surface area is 139 Å². The van der Waals surface area contributed by atoms with Gasteiger partial charge in [-0.05, 0) is 32.6 Å². The van der Waals surface area contributed by atoms with Crippen molar-refractivity contribution in [2.45, 2.75) is 25.8 Å². The number of nitrogens with one attached hydrogen (secondary N) is 2. The topological polar surface area (TPSA) is 52.8 Å². The van der Waals surface area contributed by atoms with Gasteiger partial charge in [-0.3, -0.25) is 9.89 Å². The number of hydrogen-bond donors (Lipinski definition) is 2. The molecule has 0 aliphatic rings. The molecular weight excluding hydrogens is 367 g/mol. The van der Waals surface area contributed by atoms with E-state index in [1.54, 1.807) is 13.3 Å². The summed E-state index contributed by atoms with van der Waals surface area (Å²) in [5, 5.41) is 6.63. The molecule has 1 atom stereocenters. The van der Waals surface area contributed by atoms with Crippen LogP contribution in [0.1, 0.15) is 31.6 Å². The van der Waals surface area contributed by atoms with Crippen LogP contribution >= 0.6 is 24.0 Å². The van der Waals surface area contributed by atoms with Gasteiger partial charge in [0.1, 0.15) is 5.76 Å². The number of hydrogen-bond acceptors (Lipinski definition) is 3. The molecule has 0 amide bonds. The molecule has 1 heterocycles. The maximum Gasteiger partial charge on any atom is 0.191 e. The van der Waals surface area contributed by atoms with Gasteiger partial charge < -0.3 is 15.1 Å². The van der Waals surface area contributed by atoms with Crippen molar-refractivity contribution in [1.82, 2.24) is 15.5 Å². The molecule has 20 heavy (non-hydrogen) atoms. The lowest BCUT2D eigenvalue weighted by Gasteiger charge is -2.23. The standard InChI is InChI=1S/C14H26N4O.HI/c1-5-6-9-16-14(15-2)17-11-12(18(3)4)13-8-7-10-19-13;/h7-8,10,12H,5-6,9,11H2,1-4H3,(H2,15,16,17);1H. The molecule has 1 unspecified atom stereocenters. The van der Waals surface area contributed by atoms with Gasteiger partial charge >= 0.3 is 0 Å². The summed E-state index contributed by atoms with van der Waals surface area (Å²) in [6.45, 7) is 3.88. The number of guanidine groups is 1. The quantitative estimate of drug-likeness (QED) is 0.323. The highest BCUT2D eigenvalue weighted by molar-refractivity contribution is 14.0. The smallest absolute Gasteiger partial charge is 0.191 e. The van der Waals surface area contributed by atoms with Gasteiger partial charge in [-0.25, -0.2) is 0 Å². The van der Waals surface area contributed by atoms with Gasteiger partial charge in [0.2, 0.25) is 0 Å². The first kappa shape index (κ1) is 19.2. The first-order valence-corrected chi connectivity index (χ1v) is 6.83. The van der Waals surface area contributed by atoms with Gasteiger partial charge in [0.15, 0.2) is 5.96 Å². The Balaban J connectivity index is 0.00000361. The summed E-state index contributed by atoms with van der Waals surface area (Å²) >= 11 is 0. The Morgan fingerprint density at radius 3 is 2.65 bits per heavy atom. The molecule has 5 nitrogen and oxygen atoms in total. The average molecular weight is 394 g/mol. The zero-order chi connectivity index (χ0) is 14.1. The maximum absolute atomic E-state index is 5.48. The molecule has 0 spiro atoms. The van der Waals surface area contributed by atoms with Crippen LogP contribution in [-0.4, -0.2) is 45.1 Å². The Bertz CT molecular complexity index is 365. The van der Waals surface area contributed by atoms with E-state index in [1.165, 1.54) is 6.42 Å². The summed E-state index contributed by atoms with van der Waals surface area (Å²) in [5.74, 6) is 1.80. The van der Waals surface area contributed by atoms with Crippen molar-refractivity contribution >= 4 is 29.9 Å². The molecule has 2 N–H and O–H groups in total. The van der Waals surface area contributed by atoms with Gasteiger partial charge in [-0.15, -0.1) is 24.0 Å². The predicted molar refractivity (Wildman–Crippen MR) is 94.8 cm³/mol. The lowest BCUT2D eigenvalue weighted by Crippen LogP contribution is -2.42. The normalized spacial score (nSPS) is 12.9. The van der Waals surface area contributed by atoms with Gasteiger partial charge in [0, 0.05) is 20.1 Å². The number of likely N-dealkylation sites (N-methyl/N-ethyl adjacent to an activating group) is 1. The first-order chi connectivity index (χ1) is 9.19. The van der Waals surface area contributed by atoms with E-state index >= 15 is 0 Å². The fourth-order valence-corrected chi connectivity index (χ4v) is 1.82. The van der Waals surface area contributed by atoms with E-state index in [0.29, 0.717) is 0 Å². The highest BCUT2D eigenvalue weighted by Gasteiger charge is 2.16. The van der Waals surface area contributed by atoms with Crippen molar-refractivity contribution in [3.63, 3.8) is 0 Å². The zero-order valence-electron chi connectivity index (χ0n) is 12.8. The molecule has 1 aromatic rings. The third-order valence-corrected chi connectivity index (χ3v) is 3.00. The summed E-state index contributed by atoms with van der Waals surface area (Å²) in [4.78, 5) is 6.35. The van der Waals surface area contributed by atoms with Crippen molar-refractivity contribution in [2.24, 2.45) is 4.99 Å². The number of unbranched alkanes of at least 4 members (excludes halogenated alkanes) is 1. The van der Waals surface area contributed by atoms with E-state index in [4.69, 9.17) is 4.42 Å².